The molecule has 0 unspecified atom stereocenters. The van der Waals surface area contributed by atoms with Gasteiger partial charge in [0.15, 0.2) is 0 Å². The topological polar surface area (TPSA) is 61.4 Å². The first kappa shape index (κ1) is 19.1. The predicted molar refractivity (Wildman–Crippen MR) is 110 cm³/mol. The molecule has 3 rings (SSSR count). The number of aryl methyl sites for hydroxylation is 1. The Morgan fingerprint density at radius 2 is 1.89 bits per heavy atom. The summed E-state index contributed by atoms with van der Waals surface area (Å²) in [7, 11) is 0. The van der Waals surface area contributed by atoms with Crippen molar-refractivity contribution in [1.29, 1.82) is 0 Å². The Bertz CT molecular complexity index is 782. The minimum atomic E-state index is -0.00578. The number of nitrogens with zero attached hydrogens (tertiary/aromatic N) is 4. The molecular formula is C21H29N5O. The molecule has 6 nitrogen and oxygen atoms in total. The first-order valence-corrected chi connectivity index (χ1v) is 9.87. The van der Waals surface area contributed by atoms with Gasteiger partial charge in [-0.25, -0.2) is 9.97 Å². The van der Waals surface area contributed by atoms with Crippen LogP contribution in [0.2, 0.25) is 0 Å². The van der Waals surface area contributed by atoms with Crippen molar-refractivity contribution in [1.82, 2.24) is 14.9 Å². The largest absolute Gasteiger partial charge is 0.372 e. The number of likely N-dealkylation sites (tertiary alicyclic amines) is 1. The first-order valence-electron chi connectivity index (χ1n) is 9.87. The Kier molecular flexibility index (Phi) is 6.27. The van der Waals surface area contributed by atoms with Crippen LogP contribution in [0, 0.1) is 6.92 Å². The number of piperidine rings is 1. The standard InChI is InChI=1S/C21H29N5O/c1-4-25(5-2)17-9-10-18(16(3)15-17)23-21-22-12-11-19(24-21)20(27)26-13-7-6-8-14-26/h9-12,15H,4-8,13-14H2,1-3H3,(H,22,23,24). The average molecular weight is 367 g/mol. The molecule has 0 saturated carbocycles. The van der Waals surface area contributed by atoms with Gasteiger partial charge < -0.3 is 15.1 Å². The Labute approximate surface area is 161 Å². The SMILES string of the molecule is CCN(CC)c1ccc(Nc2nccc(C(=O)N3CCCCC3)n2)c(C)c1. The molecule has 0 radical (unpaired) electrons. The quantitative estimate of drug-likeness (QED) is 0.836. The third kappa shape index (κ3) is 4.56. The molecule has 2 heterocycles. The summed E-state index contributed by atoms with van der Waals surface area (Å²) in [5.41, 5.74) is 3.73. The number of aromatic nitrogens is 2. The summed E-state index contributed by atoms with van der Waals surface area (Å²) in [4.78, 5) is 25.6. The van der Waals surface area contributed by atoms with E-state index >= 15 is 0 Å². The highest BCUT2D eigenvalue weighted by Crippen LogP contribution is 2.24. The van der Waals surface area contributed by atoms with Gasteiger partial charge in [-0.2, -0.15) is 0 Å². The van der Waals surface area contributed by atoms with Crippen LogP contribution in [0.4, 0.5) is 17.3 Å². The van der Waals surface area contributed by atoms with Gasteiger partial charge in [0.25, 0.3) is 5.91 Å². The zero-order valence-electron chi connectivity index (χ0n) is 16.5. The van der Waals surface area contributed by atoms with E-state index in [0.717, 1.165) is 50.3 Å². The maximum Gasteiger partial charge on any atom is 0.272 e. The van der Waals surface area contributed by atoms with Crippen molar-refractivity contribution in [2.24, 2.45) is 0 Å². The number of nitrogens with one attached hydrogen (secondary N) is 1. The molecule has 144 valence electrons. The molecule has 1 N–H and O–H groups in total. The van der Waals surface area contributed by atoms with Gasteiger partial charge in [-0.3, -0.25) is 4.79 Å². The van der Waals surface area contributed by atoms with Crippen molar-refractivity contribution in [3.05, 3.63) is 41.7 Å². The number of carbonyl (C=O) groups is 1. The van der Waals surface area contributed by atoms with Gasteiger partial charge in [-0.05, 0) is 69.9 Å². The average Bonchev–Trinajstić information content (AvgIpc) is 2.71. The van der Waals surface area contributed by atoms with Crippen molar-refractivity contribution in [3.63, 3.8) is 0 Å². The van der Waals surface area contributed by atoms with Crippen LogP contribution in [-0.2, 0) is 0 Å². The van der Waals surface area contributed by atoms with Gasteiger partial charge in [-0.15, -0.1) is 0 Å². The maximum atomic E-state index is 12.7. The van der Waals surface area contributed by atoms with Crippen LogP contribution in [0.25, 0.3) is 0 Å². The van der Waals surface area contributed by atoms with E-state index in [1.807, 2.05) is 11.0 Å². The molecule has 0 aliphatic carbocycles. The van der Waals surface area contributed by atoms with Crippen molar-refractivity contribution in [2.75, 3.05) is 36.4 Å². The lowest BCUT2D eigenvalue weighted by atomic mass is 10.1. The van der Waals surface area contributed by atoms with Gasteiger partial charge in [-0.1, -0.05) is 0 Å². The highest BCUT2D eigenvalue weighted by atomic mass is 16.2. The van der Waals surface area contributed by atoms with E-state index in [2.05, 4.69) is 53.1 Å². The fraction of sp³-hybridized carbons (Fsp3) is 0.476. The molecule has 6 heteroatoms. The van der Waals surface area contributed by atoms with E-state index in [1.54, 1.807) is 12.3 Å². The maximum absolute atomic E-state index is 12.7. The summed E-state index contributed by atoms with van der Waals surface area (Å²) in [5, 5.41) is 3.26. The molecule has 1 aliphatic heterocycles. The van der Waals surface area contributed by atoms with Crippen molar-refractivity contribution >= 4 is 23.2 Å². The van der Waals surface area contributed by atoms with Crippen LogP contribution in [0.1, 0.15) is 49.2 Å². The van der Waals surface area contributed by atoms with Crippen LogP contribution < -0.4 is 10.2 Å². The second kappa shape index (κ2) is 8.84. The Morgan fingerprint density at radius 3 is 2.56 bits per heavy atom. The third-order valence-electron chi connectivity index (χ3n) is 5.10. The van der Waals surface area contributed by atoms with Crippen molar-refractivity contribution in [2.45, 2.75) is 40.0 Å². The Hall–Kier alpha value is -2.63. The molecule has 1 amide bonds. The number of benzene rings is 1. The lowest BCUT2D eigenvalue weighted by Crippen LogP contribution is -2.36. The zero-order valence-corrected chi connectivity index (χ0v) is 16.5. The summed E-state index contributed by atoms with van der Waals surface area (Å²) in [6.45, 7) is 9.97. The molecule has 1 saturated heterocycles. The molecule has 1 fully saturated rings. The highest BCUT2D eigenvalue weighted by molar-refractivity contribution is 5.92. The first-order chi connectivity index (χ1) is 13.1. The second-order valence-electron chi connectivity index (χ2n) is 6.91. The van der Waals surface area contributed by atoms with Crippen LogP contribution >= 0.6 is 0 Å². The number of rotatable bonds is 6. The van der Waals surface area contributed by atoms with Gasteiger partial charge in [0.1, 0.15) is 5.69 Å². The fourth-order valence-corrected chi connectivity index (χ4v) is 3.49. The van der Waals surface area contributed by atoms with Crippen molar-refractivity contribution in [3.8, 4) is 0 Å². The monoisotopic (exact) mass is 367 g/mol. The minimum Gasteiger partial charge on any atom is -0.372 e. The minimum absolute atomic E-state index is 0.00578. The molecule has 0 spiro atoms. The zero-order chi connectivity index (χ0) is 19.2. The van der Waals surface area contributed by atoms with Crippen LogP contribution in [-0.4, -0.2) is 47.0 Å². The molecule has 0 atom stereocenters. The van der Waals surface area contributed by atoms with Gasteiger partial charge >= 0.3 is 0 Å². The van der Waals surface area contributed by atoms with Gasteiger partial charge in [0.2, 0.25) is 5.95 Å². The Balaban J connectivity index is 1.75. The summed E-state index contributed by atoms with van der Waals surface area (Å²) >= 11 is 0. The number of hydrogen-bond donors (Lipinski definition) is 1. The molecular weight excluding hydrogens is 338 g/mol. The third-order valence-corrected chi connectivity index (χ3v) is 5.10. The van der Waals surface area contributed by atoms with Crippen molar-refractivity contribution < 1.29 is 4.79 Å². The molecule has 1 aromatic carbocycles. The number of carbonyl (C=O) groups excluding carboxylic acids is 1. The lowest BCUT2D eigenvalue weighted by Gasteiger charge is -2.26. The van der Waals surface area contributed by atoms with Crippen LogP contribution in [0.5, 0.6) is 0 Å². The molecule has 2 aromatic rings. The number of anilines is 3. The van der Waals surface area contributed by atoms with Gasteiger partial charge in [0.05, 0.1) is 0 Å². The Morgan fingerprint density at radius 1 is 1.15 bits per heavy atom. The molecule has 0 bridgehead atoms. The van der Waals surface area contributed by atoms with E-state index in [9.17, 15) is 4.79 Å². The van der Waals surface area contributed by atoms with Crippen LogP contribution in [0.3, 0.4) is 0 Å². The smallest absolute Gasteiger partial charge is 0.272 e. The summed E-state index contributed by atoms with van der Waals surface area (Å²) in [6.07, 6.45) is 4.98. The number of amides is 1. The summed E-state index contributed by atoms with van der Waals surface area (Å²) in [6, 6.07) is 8.01. The second-order valence-corrected chi connectivity index (χ2v) is 6.91. The summed E-state index contributed by atoms with van der Waals surface area (Å²) in [5.74, 6) is 0.449. The molecule has 27 heavy (non-hydrogen) atoms. The predicted octanol–water partition coefficient (Wildman–Crippen LogP) is 4.00. The summed E-state index contributed by atoms with van der Waals surface area (Å²) < 4.78 is 0. The fourth-order valence-electron chi connectivity index (χ4n) is 3.49. The molecule has 1 aliphatic rings. The molecule has 1 aromatic heterocycles. The van der Waals surface area contributed by atoms with E-state index in [0.29, 0.717) is 11.6 Å². The van der Waals surface area contributed by atoms with E-state index in [1.165, 1.54) is 12.1 Å². The lowest BCUT2D eigenvalue weighted by molar-refractivity contribution is 0.0718. The normalized spacial score (nSPS) is 14.1. The van der Waals surface area contributed by atoms with Gasteiger partial charge in [0, 0.05) is 43.8 Å². The van der Waals surface area contributed by atoms with Crippen LogP contribution in [0.15, 0.2) is 30.5 Å². The van der Waals surface area contributed by atoms with E-state index < -0.39 is 0 Å². The van der Waals surface area contributed by atoms with E-state index in [4.69, 9.17) is 0 Å². The van der Waals surface area contributed by atoms with E-state index in [-0.39, 0.29) is 5.91 Å². The highest BCUT2D eigenvalue weighted by Gasteiger charge is 2.19. The number of hydrogen-bond acceptors (Lipinski definition) is 5.